The lowest BCUT2D eigenvalue weighted by Crippen LogP contribution is -1.97. The maximum atomic E-state index is 5.36. The number of aromatic nitrogens is 3. The van der Waals surface area contributed by atoms with E-state index in [2.05, 4.69) is 31.2 Å². The molecule has 0 spiro atoms. The number of nitrogens with zero attached hydrogens (tertiary/aromatic N) is 3. The normalized spacial score (nSPS) is 11.1. The first-order chi connectivity index (χ1) is 11.6. The number of ether oxygens (including phenoxy) is 1. The monoisotopic (exact) mass is 402 g/mol. The van der Waals surface area contributed by atoms with Crippen molar-refractivity contribution in [1.29, 1.82) is 0 Å². The third kappa shape index (κ3) is 3.47. The van der Waals surface area contributed by atoms with Gasteiger partial charge in [-0.05, 0) is 37.3 Å². The van der Waals surface area contributed by atoms with Gasteiger partial charge < -0.3 is 4.74 Å². The van der Waals surface area contributed by atoms with Crippen molar-refractivity contribution in [3.63, 3.8) is 0 Å². The minimum atomic E-state index is 0.427. The molecule has 0 saturated carbocycles. The number of nitrogens with one attached hydrogen (secondary N) is 1. The van der Waals surface area contributed by atoms with Crippen molar-refractivity contribution in [1.82, 2.24) is 14.9 Å². The van der Waals surface area contributed by atoms with Crippen molar-refractivity contribution >= 4 is 34.4 Å². The number of H-pyrrole nitrogens is 1. The summed E-state index contributed by atoms with van der Waals surface area (Å²) in [6.07, 6.45) is 1.70. The van der Waals surface area contributed by atoms with E-state index in [1.807, 2.05) is 49.4 Å². The number of aromatic amines is 1. The Morgan fingerprint density at radius 2 is 2.00 bits per heavy atom. The number of hydrogen-bond donors (Lipinski definition) is 1. The second-order valence-corrected chi connectivity index (χ2v) is 6.46. The van der Waals surface area contributed by atoms with Crippen LogP contribution >= 0.6 is 28.1 Å². The van der Waals surface area contributed by atoms with Gasteiger partial charge in [-0.1, -0.05) is 45.8 Å². The summed E-state index contributed by atoms with van der Waals surface area (Å²) >= 11 is 8.75. The molecule has 7 heteroatoms. The Kier molecular flexibility index (Phi) is 4.92. The lowest BCUT2D eigenvalue weighted by Gasteiger charge is -2.05. The summed E-state index contributed by atoms with van der Waals surface area (Å²) in [4.78, 5) is 0. The first kappa shape index (κ1) is 16.6. The molecule has 0 aliphatic heterocycles. The SMILES string of the molecule is COc1ccc(Br)cc1/C=N/n1c(-c2ccc(C)cc2)n[nH]c1=S. The van der Waals surface area contributed by atoms with E-state index in [1.54, 1.807) is 18.0 Å². The van der Waals surface area contributed by atoms with Crippen molar-refractivity contribution in [2.24, 2.45) is 5.10 Å². The third-order valence-electron chi connectivity index (χ3n) is 3.46. The molecule has 1 N–H and O–H groups in total. The van der Waals surface area contributed by atoms with Crippen LogP contribution in [0.25, 0.3) is 11.4 Å². The summed E-state index contributed by atoms with van der Waals surface area (Å²) in [6, 6.07) is 13.8. The van der Waals surface area contributed by atoms with E-state index in [4.69, 9.17) is 17.0 Å². The molecule has 0 aliphatic carbocycles. The van der Waals surface area contributed by atoms with Crippen molar-refractivity contribution in [2.75, 3.05) is 7.11 Å². The Morgan fingerprint density at radius 3 is 2.71 bits per heavy atom. The summed E-state index contributed by atoms with van der Waals surface area (Å²) in [7, 11) is 1.63. The first-order valence-corrected chi connectivity index (χ1v) is 8.41. The van der Waals surface area contributed by atoms with Gasteiger partial charge in [0.15, 0.2) is 5.82 Å². The van der Waals surface area contributed by atoms with E-state index in [0.29, 0.717) is 10.6 Å². The fraction of sp³-hybridized carbons (Fsp3) is 0.118. The molecule has 2 aromatic carbocycles. The minimum Gasteiger partial charge on any atom is -0.496 e. The maximum Gasteiger partial charge on any atom is 0.216 e. The Labute approximate surface area is 153 Å². The van der Waals surface area contributed by atoms with E-state index in [-0.39, 0.29) is 0 Å². The molecule has 122 valence electrons. The predicted octanol–water partition coefficient (Wildman–Crippen LogP) is 4.57. The van der Waals surface area contributed by atoms with Crippen molar-refractivity contribution in [3.05, 3.63) is 62.8 Å². The van der Waals surface area contributed by atoms with Gasteiger partial charge in [-0.15, -0.1) is 0 Å². The molecular weight excluding hydrogens is 388 g/mol. The number of hydrogen-bond acceptors (Lipinski definition) is 4. The second kappa shape index (κ2) is 7.11. The van der Waals surface area contributed by atoms with Crippen LogP contribution in [-0.4, -0.2) is 28.2 Å². The smallest absolute Gasteiger partial charge is 0.216 e. The van der Waals surface area contributed by atoms with Crippen molar-refractivity contribution in [2.45, 2.75) is 6.92 Å². The minimum absolute atomic E-state index is 0.427. The van der Waals surface area contributed by atoms with E-state index in [0.717, 1.165) is 21.3 Å². The highest BCUT2D eigenvalue weighted by atomic mass is 79.9. The highest BCUT2D eigenvalue weighted by Crippen LogP contribution is 2.22. The highest BCUT2D eigenvalue weighted by molar-refractivity contribution is 9.10. The van der Waals surface area contributed by atoms with Crippen molar-refractivity contribution < 1.29 is 4.74 Å². The van der Waals surface area contributed by atoms with E-state index in [1.165, 1.54) is 5.56 Å². The van der Waals surface area contributed by atoms with Gasteiger partial charge in [0.05, 0.1) is 13.3 Å². The Balaban J connectivity index is 2.02. The van der Waals surface area contributed by atoms with Gasteiger partial charge in [-0.3, -0.25) is 0 Å². The van der Waals surface area contributed by atoms with Crippen LogP contribution in [0.15, 0.2) is 52.0 Å². The first-order valence-electron chi connectivity index (χ1n) is 7.21. The van der Waals surface area contributed by atoms with Gasteiger partial charge in [0.2, 0.25) is 4.77 Å². The number of aryl methyl sites for hydroxylation is 1. The Morgan fingerprint density at radius 1 is 1.25 bits per heavy atom. The van der Waals surface area contributed by atoms with Gasteiger partial charge in [-0.2, -0.15) is 14.9 Å². The largest absolute Gasteiger partial charge is 0.496 e. The molecule has 0 aliphatic rings. The summed E-state index contributed by atoms with van der Waals surface area (Å²) in [5.41, 5.74) is 2.96. The molecule has 0 unspecified atom stereocenters. The zero-order valence-corrected chi connectivity index (χ0v) is 15.6. The number of methoxy groups -OCH3 is 1. The van der Waals surface area contributed by atoms with E-state index in [9.17, 15) is 0 Å². The third-order valence-corrected chi connectivity index (χ3v) is 4.22. The van der Waals surface area contributed by atoms with Crippen LogP contribution in [0.1, 0.15) is 11.1 Å². The molecule has 0 bridgehead atoms. The number of halogens is 1. The van der Waals surface area contributed by atoms with Crippen LogP contribution in [0.3, 0.4) is 0 Å². The molecule has 0 radical (unpaired) electrons. The summed E-state index contributed by atoms with van der Waals surface area (Å²) in [5, 5.41) is 11.5. The topological polar surface area (TPSA) is 55.2 Å². The fourth-order valence-electron chi connectivity index (χ4n) is 2.21. The van der Waals surface area contributed by atoms with Gasteiger partial charge in [0, 0.05) is 15.6 Å². The molecule has 0 fully saturated rings. The molecule has 0 atom stereocenters. The average molecular weight is 403 g/mol. The lowest BCUT2D eigenvalue weighted by molar-refractivity contribution is 0.414. The predicted molar refractivity (Wildman–Crippen MR) is 101 cm³/mol. The van der Waals surface area contributed by atoms with Gasteiger partial charge >= 0.3 is 0 Å². The highest BCUT2D eigenvalue weighted by Gasteiger charge is 2.08. The Hall–Kier alpha value is -2.25. The molecule has 1 aromatic heterocycles. The molecule has 24 heavy (non-hydrogen) atoms. The van der Waals surface area contributed by atoms with Crippen LogP contribution in [-0.2, 0) is 0 Å². The van der Waals surface area contributed by atoms with E-state index < -0.39 is 0 Å². The van der Waals surface area contributed by atoms with Gasteiger partial charge in [0.25, 0.3) is 0 Å². The van der Waals surface area contributed by atoms with E-state index >= 15 is 0 Å². The number of benzene rings is 2. The Bertz CT molecular complexity index is 944. The van der Waals surface area contributed by atoms with Gasteiger partial charge in [-0.25, -0.2) is 5.10 Å². The fourth-order valence-corrected chi connectivity index (χ4v) is 2.77. The second-order valence-electron chi connectivity index (χ2n) is 5.16. The molecule has 1 heterocycles. The van der Waals surface area contributed by atoms with Crippen LogP contribution in [0.2, 0.25) is 0 Å². The molecule has 0 amide bonds. The van der Waals surface area contributed by atoms with Crippen LogP contribution in [0, 0.1) is 11.7 Å². The molecular formula is C17H15BrN4OS. The molecule has 3 aromatic rings. The van der Waals surface area contributed by atoms with Crippen LogP contribution in [0.4, 0.5) is 0 Å². The molecule has 3 rings (SSSR count). The van der Waals surface area contributed by atoms with Crippen molar-refractivity contribution in [3.8, 4) is 17.1 Å². The number of rotatable bonds is 4. The van der Waals surface area contributed by atoms with Crippen LogP contribution in [0.5, 0.6) is 5.75 Å². The zero-order valence-electron chi connectivity index (χ0n) is 13.2. The summed E-state index contributed by atoms with van der Waals surface area (Å²) < 4.78 is 8.33. The maximum absolute atomic E-state index is 5.36. The summed E-state index contributed by atoms with van der Waals surface area (Å²) in [5.74, 6) is 1.39. The summed E-state index contributed by atoms with van der Waals surface area (Å²) in [6.45, 7) is 2.04. The molecule has 5 nitrogen and oxygen atoms in total. The standard InChI is InChI=1S/C17H15BrN4OS/c1-11-3-5-12(6-4-11)16-20-21-17(24)22(16)19-10-13-9-14(18)7-8-15(13)23-2/h3-10H,1-2H3,(H,21,24)/b19-10+. The quantitative estimate of drug-likeness (QED) is 0.513. The lowest BCUT2D eigenvalue weighted by atomic mass is 10.1. The van der Waals surface area contributed by atoms with Gasteiger partial charge in [0.1, 0.15) is 5.75 Å². The zero-order chi connectivity index (χ0) is 17.1. The molecule has 0 saturated heterocycles. The average Bonchev–Trinajstić information content (AvgIpc) is 2.94. The van der Waals surface area contributed by atoms with Crippen LogP contribution < -0.4 is 4.74 Å².